The van der Waals surface area contributed by atoms with Crippen LogP contribution in [0.2, 0.25) is 0 Å². The van der Waals surface area contributed by atoms with Crippen molar-refractivity contribution < 1.29 is 24.5 Å². The Morgan fingerprint density at radius 1 is 1.47 bits per heavy atom. The van der Waals surface area contributed by atoms with E-state index in [1.54, 1.807) is 12.0 Å². The summed E-state index contributed by atoms with van der Waals surface area (Å²) in [5, 5.41) is 18.5. The van der Waals surface area contributed by atoms with Crippen molar-refractivity contribution in [3.05, 3.63) is 0 Å². The molecule has 2 N–H and O–H groups in total. The minimum absolute atomic E-state index is 0.0141. The number of aliphatic hydroxyl groups excluding tert-OH is 1. The zero-order valence-electron chi connectivity index (χ0n) is 10.2. The molecule has 100 valence electrons. The highest BCUT2D eigenvalue weighted by atomic mass is 16.5. The largest absolute Gasteiger partial charge is 0.480 e. The second-order valence-electron chi connectivity index (χ2n) is 4.28. The van der Waals surface area contributed by atoms with Gasteiger partial charge in [-0.1, -0.05) is 0 Å². The summed E-state index contributed by atoms with van der Waals surface area (Å²) in [6, 6.07) is 0.319. The summed E-state index contributed by atoms with van der Waals surface area (Å²) < 4.78 is 10.0. The van der Waals surface area contributed by atoms with Crippen molar-refractivity contribution in [1.29, 1.82) is 0 Å². The van der Waals surface area contributed by atoms with E-state index in [1.165, 1.54) is 0 Å². The monoisotopic (exact) mass is 247 g/mol. The van der Waals surface area contributed by atoms with Crippen molar-refractivity contribution in [2.75, 3.05) is 40.0 Å². The zero-order valence-corrected chi connectivity index (χ0v) is 10.2. The van der Waals surface area contributed by atoms with Crippen molar-refractivity contribution in [3.63, 3.8) is 0 Å². The summed E-state index contributed by atoms with van der Waals surface area (Å²) in [6.07, 6.45) is 1.39. The van der Waals surface area contributed by atoms with E-state index in [-0.39, 0.29) is 13.2 Å². The van der Waals surface area contributed by atoms with E-state index in [4.69, 9.17) is 14.6 Å². The number of ether oxygens (including phenoxy) is 2. The fourth-order valence-electron chi connectivity index (χ4n) is 1.64. The summed E-state index contributed by atoms with van der Waals surface area (Å²) in [6.45, 7) is 1.49. The van der Waals surface area contributed by atoms with E-state index in [0.29, 0.717) is 25.8 Å². The molecule has 6 nitrogen and oxygen atoms in total. The van der Waals surface area contributed by atoms with Crippen LogP contribution >= 0.6 is 0 Å². The van der Waals surface area contributed by atoms with Gasteiger partial charge in [0.1, 0.15) is 0 Å². The number of hydrogen-bond acceptors (Lipinski definition) is 5. The summed E-state index contributed by atoms with van der Waals surface area (Å²) in [7, 11) is 1.58. The summed E-state index contributed by atoms with van der Waals surface area (Å²) in [5.74, 6) is -0.857. The third-order valence-electron chi connectivity index (χ3n) is 2.59. The number of aliphatic hydroxyl groups is 1. The number of carbonyl (C=O) groups is 1. The van der Waals surface area contributed by atoms with Gasteiger partial charge in [-0.15, -0.1) is 0 Å². The molecule has 6 heteroatoms. The summed E-state index contributed by atoms with van der Waals surface area (Å²) >= 11 is 0. The minimum atomic E-state index is -0.857. The summed E-state index contributed by atoms with van der Waals surface area (Å²) in [5.41, 5.74) is 0. The van der Waals surface area contributed by atoms with Crippen molar-refractivity contribution in [2.24, 2.45) is 0 Å². The second kappa shape index (κ2) is 7.60. The predicted molar refractivity (Wildman–Crippen MR) is 60.9 cm³/mol. The molecule has 0 amide bonds. The van der Waals surface area contributed by atoms with Gasteiger partial charge in [0.15, 0.2) is 0 Å². The van der Waals surface area contributed by atoms with E-state index < -0.39 is 12.1 Å². The Balaban J connectivity index is 2.16. The number of aliphatic carboxylic acids is 1. The molecule has 1 unspecified atom stereocenters. The normalized spacial score (nSPS) is 17.4. The van der Waals surface area contributed by atoms with Crippen LogP contribution in [0.25, 0.3) is 0 Å². The molecule has 1 aliphatic carbocycles. The Hall–Kier alpha value is -0.690. The first kappa shape index (κ1) is 14.4. The molecule has 0 aromatic rings. The van der Waals surface area contributed by atoms with Crippen LogP contribution in [0, 0.1) is 0 Å². The van der Waals surface area contributed by atoms with Crippen LogP contribution in [-0.4, -0.2) is 73.2 Å². The summed E-state index contributed by atoms with van der Waals surface area (Å²) in [4.78, 5) is 12.4. The maximum Gasteiger partial charge on any atom is 0.317 e. The fourth-order valence-corrected chi connectivity index (χ4v) is 1.64. The molecule has 0 heterocycles. The van der Waals surface area contributed by atoms with Gasteiger partial charge in [0.2, 0.25) is 0 Å². The molecule has 17 heavy (non-hydrogen) atoms. The maximum absolute atomic E-state index is 10.7. The number of carboxylic acids is 1. The molecule has 1 fully saturated rings. The highest BCUT2D eigenvalue weighted by Crippen LogP contribution is 2.26. The predicted octanol–water partition coefficient (Wildman–Crippen LogP) is -0.441. The Morgan fingerprint density at radius 3 is 2.71 bits per heavy atom. The van der Waals surface area contributed by atoms with Gasteiger partial charge in [-0.05, 0) is 12.8 Å². The van der Waals surface area contributed by atoms with E-state index in [2.05, 4.69) is 0 Å². The third kappa shape index (κ3) is 6.58. The van der Waals surface area contributed by atoms with E-state index in [9.17, 15) is 9.90 Å². The van der Waals surface area contributed by atoms with E-state index in [1.807, 2.05) is 0 Å². The Bertz CT molecular complexity index is 232. The molecule has 0 aromatic heterocycles. The van der Waals surface area contributed by atoms with Crippen LogP contribution in [0.1, 0.15) is 12.8 Å². The van der Waals surface area contributed by atoms with Crippen LogP contribution in [-0.2, 0) is 14.3 Å². The van der Waals surface area contributed by atoms with Crippen LogP contribution in [0.15, 0.2) is 0 Å². The van der Waals surface area contributed by atoms with Gasteiger partial charge >= 0.3 is 5.97 Å². The molecule has 0 spiro atoms. The highest BCUT2D eigenvalue weighted by molar-refractivity contribution is 5.69. The smallest absolute Gasteiger partial charge is 0.317 e. The molecule has 1 rings (SSSR count). The Kier molecular flexibility index (Phi) is 6.43. The van der Waals surface area contributed by atoms with Gasteiger partial charge in [0.25, 0.3) is 0 Å². The molecule has 0 saturated heterocycles. The van der Waals surface area contributed by atoms with Crippen LogP contribution in [0.4, 0.5) is 0 Å². The average Bonchev–Trinajstić information content (AvgIpc) is 3.06. The molecule has 0 bridgehead atoms. The van der Waals surface area contributed by atoms with Gasteiger partial charge in [0.05, 0.1) is 32.5 Å². The zero-order chi connectivity index (χ0) is 12.7. The van der Waals surface area contributed by atoms with Crippen molar-refractivity contribution in [1.82, 2.24) is 4.90 Å². The van der Waals surface area contributed by atoms with Crippen LogP contribution in [0.3, 0.4) is 0 Å². The molecule has 0 aliphatic heterocycles. The van der Waals surface area contributed by atoms with Gasteiger partial charge in [-0.3, -0.25) is 9.69 Å². The van der Waals surface area contributed by atoms with Crippen LogP contribution in [0.5, 0.6) is 0 Å². The number of hydrogen-bond donors (Lipinski definition) is 2. The number of rotatable bonds is 10. The van der Waals surface area contributed by atoms with Gasteiger partial charge in [-0.25, -0.2) is 0 Å². The Morgan fingerprint density at radius 2 is 2.18 bits per heavy atom. The molecule has 0 radical (unpaired) electrons. The first-order valence-corrected chi connectivity index (χ1v) is 5.84. The quantitative estimate of drug-likeness (QED) is 0.509. The topological polar surface area (TPSA) is 79.2 Å². The highest BCUT2D eigenvalue weighted by Gasteiger charge is 2.31. The van der Waals surface area contributed by atoms with Gasteiger partial charge in [0, 0.05) is 19.7 Å². The number of nitrogens with zero attached hydrogens (tertiary/aromatic N) is 1. The lowest BCUT2D eigenvalue weighted by molar-refractivity contribution is -0.139. The standard InChI is InChI=1S/C11H21NO5/c1-16-4-5-17-8-10(13)6-12(7-11(14)15)9-2-3-9/h9-10,13H,2-8H2,1H3,(H,14,15). The maximum atomic E-state index is 10.7. The number of carboxylic acid groups (broad SMARTS) is 1. The lowest BCUT2D eigenvalue weighted by Crippen LogP contribution is -2.39. The van der Waals surface area contributed by atoms with E-state index in [0.717, 1.165) is 12.8 Å². The molecule has 0 aromatic carbocycles. The fraction of sp³-hybridized carbons (Fsp3) is 0.909. The molecular formula is C11H21NO5. The Labute approximate surface area is 101 Å². The number of methoxy groups -OCH3 is 1. The van der Waals surface area contributed by atoms with Crippen LogP contribution < -0.4 is 0 Å². The van der Waals surface area contributed by atoms with Gasteiger partial charge in [-0.2, -0.15) is 0 Å². The van der Waals surface area contributed by atoms with Gasteiger partial charge < -0.3 is 19.7 Å². The molecular weight excluding hydrogens is 226 g/mol. The second-order valence-corrected chi connectivity index (χ2v) is 4.28. The van der Waals surface area contributed by atoms with Crippen molar-refractivity contribution in [3.8, 4) is 0 Å². The minimum Gasteiger partial charge on any atom is -0.480 e. The first-order valence-electron chi connectivity index (χ1n) is 5.84. The average molecular weight is 247 g/mol. The van der Waals surface area contributed by atoms with Crippen molar-refractivity contribution >= 4 is 5.97 Å². The molecule has 1 aliphatic rings. The van der Waals surface area contributed by atoms with Crippen molar-refractivity contribution in [2.45, 2.75) is 25.0 Å². The lowest BCUT2D eigenvalue weighted by atomic mass is 10.3. The first-order chi connectivity index (χ1) is 8.13. The van der Waals surface area contributed by atoms with E-state index >= 15 is 0 Å². The third-order valence-corrected chi connectivity index (χ3v) is 2.59. The lowest BCUT2D eigenvalue weighted by Gasteiger charge is -2.22. The molecule has 1 atom stereocenters. The molecule has 1 saturated carbocycles. The SMILES string of the molecule is COCCOCC(O)CN(CC(=O)O)C1CC1.